The molecule has 1 aromatic heterocycles. The van der Waals surface area contributed by atoms with Gasteiger partial charge in [-0.2, -0.15) is 0 Å². The van der Waals surface area contributed by atoms with Crippen molar-refractivity contribution in [2.45, 2.75) is 13.8 Å². The molecule has 0 aliphatic heterocycles. The fraction of sp³-hybridized carbons (Fsp3) is 0.167. The summed E-state index contributed by atoms with van der Waals surface area (Å²) in [5.74, 6) is -0.259. The molecule has 0 saturated carbocycles. The molecule has 1 aliphatic carbocycles. The van der Waals surface area contributed by atoms with Gasteiger partial charge in [0.25, 0.3) is 0 Å². The third-order valence-corrected chi connectivity index (χ3v) is 3.95. The maximum atomic E-state index is 12.7. The molecule has 0 bridgehead atoms. The molecule has 1 heterocycles. The van der Waals surface area contributed by atoms with Crippen LogP contribution < -0.4 is 10.1 Å². The molecule has 0 amide bonds. The van der Waals surface area contributed by atoms with Gasteiger partial charge in [-0.25, -0.2) is 4.98 Å². The molecule has 2 aromatic rings. The molecule has 0 spiro atoms. The van der Waals surface area contributed by atoms with Crippen LogP contribution in [-0.4, -0.2) is 23.2 Å². The number of ether oxygens (including phenoxy) is 1. The van der Waals surface area contributed by atoms with Crippen molar-refractivity contribution in [1.82, 2.24) is 4.98 Å². The van der Waals surface area contributed by atoms with Crippen molar-refractivity contribution in [3.8, 4) is 5.75 Å². The largest absolute Gasteiger partial charge is 0.492 e. The Morgan fingerprint density at radius 3 is 2.62 bits per heavy atom. The topological polar surface area (TPSA) is 68.3 Å². The summed E-state index contributed by atoms with van der Waals surface area (Å²) in [6, 6.07) is 10.4. The molecule has 0 saturated heterocycles. The molecular weight excluding hydrogens is 328 g/mol. The van der Waals surface area contributed by atoms with Gasteiger partial charge in [-0.1, -0.05) is 23.7 Å². The van der Waals surface area contributed by atoms with Gasteiger partial charge in [0, 0.05) is 5.69 Å². The van der Waals surface area contributed by atoms with Crippen LogP contribution >= 0.6 is 11.6 Å². The van der Waals surface area contributed by atoms with E-state index in [1.165, 1.54) is 0 Å². The average molecular weight is 343 g/mol. The van der Waals surface area contributed by atoms with Crippen molar-refractivity contribution in [3.05, 3.63) is 64.1 Å². The minimum Gasteiger partial charge on any atom is -0.492 e. The fourth-order valence-electron chi connectivity index (χ4n) is 2.46. The van der Waals surface area contributed by atoms with Crippen molar-refractivity contribution in [1.29, 1.82) is 0 Å². The molecule has 0 atom stereocenters. The van der Waals surface area contributed by atoms with Crippen LogP contribution in [0.25, 0.3) is 0 Å². The minimum absolute atomic E-state index is 0.0342. The second-order valence-corrected chi connectivity index (χ2v) is 5.63. The van der Waals surface area contributed by atoms with Crippen LogP contribution in [-0.2, 0) is 0 Å². The SMILES string of the molecule is CCOc1ccccc1NC1=C(Cl)C(=O)c2nc(C)ccc2C1=O. The third-order valence-electron chi connectivity index (χ3n) is 3.59. The molecule has 3 rings (SSSR count). The first-order valence-corrected chi connectivity index (χ1v) is 7.86. The lowest BCUT2D eigenvalue weighted by Crippen LogP contribution is -2.25. The number of para-hydroxylation sites is 2. The van der Waals surface area contributed by atoms with E-state index in [2.05, 4.69) is 10.3 Å². The lowest BCUT2D eigenvalue weighted by molar-refractivity contribution is 0.0978. The summed E-state index contributed by atoms with van der Waals surface area (Å²) >= 11 is 6.15. The standard InChI is InChI=1S/C18H15ClN2O3/c1-3-24-13-7-5-4-6-12(13)21-16-14(19)18(23)15-11(17(16)22)9-8-10(2)20-15/h4-9,21H,3H2,1-2H3. The van der Waals surface area contributed by atoms with E-state index in [1.54, 1.807) is 37.3 Å². The number of anilines is 1. The third kappa shape index (κ3) is 2.78. The summed E-state index contributed by atoms with van der Waals surface area (Å²) in [7, 11) is 0. The summed E-state index contributed by atoms with van der Waals surface area (Å²) in [6.07, 6.45) is 0. The monoisotopic (exact) mass is 342 g/mol. The molecular formula is C18H15ClN2O3. The summed E-state index contributed by atoms with van der Waals surface area (Å²) in [5.41, 5.74) is 1.58. The van der Waals surface area contributed by atoms with Gasteiger partial charge < -0.3 is 10.1 Å². The van der Waals surface area contributed by atoms with Crippen molar-refractivity contribution in [3.63, 3.8) is 0 Å². The number of pyridine rings is 1. The highest BCUT2D eigenvalue weighted by Gasteiger charge is 2.33. The second-order valence-electron chi connectivity index (χ2n) is 5.25. The second kappa shape index (κ2) is 6.45. The van der Waals surface area contributed by atoms with Gasteiger partial charge in [-0.05, 0) is 38.1 Å². The number of allylic oxidation sites excluding steroid dienone is 2. The summed E-state index contributed by atoms with van der Waals surface area (Å²) in [6.45, 7) is 4.09. The number of carbonyl (C=O) groups is 2. The van der Waals surface area contributed by atoms with Gasteiger partial charge in [0.05, 0.1) is 17.9 Å². The van der Waals surface area contributed by atoms with Gasteiger partial charge in [0.15, 0.2) is 0 Å². The number of hydrogen-bond acceptors (Lipinski definition) is 5. The average Bonchev–Trinajstić information content (AvgIpc) is 2.58. The van der Waals surface area contributed by atoms with E-state index < -0.39 is 5.78 Å². The van der Waals surface area contributed by atoms with Crippen LogP contribution in [0.15, 0.2) is 47.1 Å². The van der Waals surface area contributed by atoms with Crippen molar-refractivity contribution < 1.29 is 14.3 Å². The van der Waals surface area contributed by atoms with E-state index in [0.717, 1.165) is 0 Å². The Balaban J connectivity index is 2.03. The Kier molecular flexibility index (Phi) is 4.36. The van der Waals surface area contributed by atoms with Crippen LogP contribution in [0.4, 0.5) is 5.69 Å². The zero-order chi connectivity index (χ0) is 17.3. The highest BCUT2D eigenvalue weighted by molar-refractivity contribution is 6.50. The van der Waals surface area contributed by atoms with Gasteiger partial charge in [0.1, 0.15) is 22.2 Å². The first-order chi connectivity index (χ1) is 11.5. The highest BCUT2D eigenvalue weighted by Crippen LogP contribution is 2.31. The number of aryl methyl sites for hydroxylation is 1. The summed E-state index contributed by atoms with van der Waals surface area (Å²) < 4.78 is 5.52. The quantitative estimate of drug-likeness (QED) is 0.916. The van der Waals surface area contributed by atoms with E-state index in [1.807, 2.05) is 13.0 Å². The molecule has 1 aromatic carbocycles. The maximum absolute atomic E-state index is 12.7. The van der Waals surface area contributed by atoms with Crippen LogP contribution in [0.1, 0.15) is 33.5 Å². The Morgan fingerprint density at radius 2 is 1.88 bits per heavy atom. The van der Waals surface area contributed by atoms with Gasteiger partial charge >= 0.3 is 0 Å². The molecule has 0 unspecified atom stereocenters. The summed E-state index contributed by atoms with van der Waals surface area (Å²) in [5, 5.41) is 2.77. The molecule has 5 nitrogen and oxygen atoms in total. The van der Waals surface area contributed by atoms with E-state index in [4.69, 9.17) is 16.3 Å². The van der Waals surface area contributed by atoms with Gasteiger partial charge in [-0.15, -0.1) is 0 Å². The van der Waals surface area contributed by atoms with Crippen LogP contribution in [0.3, 0.4) is 0 Å². The Morgan fingerprint density at radius 1 is 1.12 bits per heavy atom. The first kappa shape index (κ1) is 16.2. The number of halogens is 1. The normalized spacial score (nSPS) is 13.8. The molecule has 6 heteroatoms. The first-order valence-electron chi connectivity index (χ1n) is 7.48. The van der Waals surface area contributed by atoms with Gasteiger partial charge in [-0.3, -0.25) is 9.59 Å². The predicted octanol–water partition coefficient (Wildman–Crippen LogP) is 3.73. The van der Waals surface area contributed by atoms with Crippen molar-refractivity contribution in [2.75, 3.05) is 11.9 Å². The van der Waals surface area contributed by atoms with E-state index in [0.29, 0.717) is 23.7 Å². The number of rotatable bonds is 4. The lowest BCUT2D eigenvalue weighted by atomic mass is 9.96. The minimum atomic E-state index is -0.466. The Labute approximate surface area is 144 Å². The number of nitrogens with zero attached hydrogens (tertiary/aromatic N) is 1. The zero-order valence-corrected chi connectivity index (χ0v) is 14.0. The highest BCUT2D eigenvalue weighted by atomic mass is 35.5. The number of aromatic nitrogens is 1. The molecule has 0 radical (unpaired) electrons. The maximum Gasteiger partial charge on any atom is 0.225 e. The lowest BCUT2D eigenvalue weighted by Gasteiger charge is -2.20. The summed E-state index contributed by atoms with van der Waals surface area (Å²) in [4.78, 5) is 29.3. The Bertz CT molecular complexity index is 874. The number of carbonyl (C=O) groups excluding carboxylic acids is 2. The molecule has 1 N–H and O–H groups in total. The Hall–Kier alpha value is -2.66. The predicted molar refractivity (Wildman–Crippen MR) is 91.7 cm³/mol. The zero-order valence-electron chi connectivity index (χ0n) is 13.2. The van der Waals surface area contributed by atoms with E-state index >= 15 is 0 Å². The van der Waals surface area contributed by atoms with Crippen molar-refractivity contribution >= 4 is 28.9 Å². The number of benzene rings is 1. The molecule has 122 valence electrons. The van der Waals surface area contributed by atoms with Crippen molar-refractivity contribution in [2.24, 2.45) is 0 Å². The molecule has 0 fully saturated rings. The number of fused-ring (bicyclic) bond motifs is 1. The fourth-order valence-corrected chi connectivity index (χ4v) is 2.69. The van der Waals surface area contributed by atoms with Crippen LogP contribution in [0.2, 0.25) is 0 Å². The number of ketones is 2. The number of nitrogens with one attached hydrogen (secondary N) is 1. The molecule has 1 aliphatic rings. The molecule has 24 heavy (non-hydrogen) atoms. The smallest absolute Gasteiger partial charge is 0.225 e. The van der Waals surface area contributed by atoms with E-state index in [9.17, 15) is 9.59 Å². The number of Topliss-reactive ketones (excluding diaryl/α,β-unsaturated/α-hetero) is 2. The van der Waals surface area contributed by atoms with Crippen LogP contribution in [0.5, 0.6) is 5.75 Å². The van der Waals surface area contributed by atoms with Gasteiger partial charge in [0.2, 0.25) is 11.6 Å². The number of hydrogen-bond donors (Lipinski definition) is 1. The van der Waals surface area contributed by atoms with E-state index in [-0.39, 0.29) is 27.8 Å². The van der Waals surface area contributed by atoms with Crippen LogP contribution in [0, 0.1) is 6.92 Å².